The van der Waals surface area contributed by atoms with E-state index in [-0.39, 0.29) is 36.0 Å². The van der Waals surface area contributed by atoms with Crippen molar-refractivity contribution in [2.24, 2.45) is 11.7 Å². The number of hydrogen-bond acceptors (Lipinski definition) is 4. The summed E-state index contributed by atoms with van der Waals surface area (Å²) in [4.78, 5) is -0.0800. The smallest absolute Gasteiger partial charge is 0.243 e. The molecule has 0 saturated carbocycles. The second-order valence-corrected chi connectivity index (χ2v) is 7.02. The molecule has 112 valence electrons. The van der Waals surface area contributed by atoms with Gasteiger partial charge in [-0.15, -0.1) is 0 Å². The van der Waals surface area contributed by atoms with Crippen molar-refractivity contribution in [3.05, 3.63) is 29.6 Å². The molecule has 20 heavy (non-hydrogen) atoms. The van der Waals surface area contributed by atoms with Gasteiger partial charge in [-0.05, 0) is 24.5 Å². The summed E-state index contributed by atoms with van der Waals surface area (Å²) in [6, 6.07) is 3.93. The van der Waals surface area contributed by atoms with E-state index in [9.17, 15) is 17.9 Å². The van der Waals surface area contributed by atoms with Gasteiger partial charge in [0.15, 0.2) is 0 Å². The third kappa shape index (κ3) is 2.71. The standard InChI is InChI=1S/C13H19FN2O3S/c1-9-8-16(6-5-12(9)17)20(18,19)13-4-2-3-11(14)10(13)7-15/h2-4,9,12,17H,5-8,15H2,1H3. The van der Waals surface area contributed by atoms with Crippen LogP contribution < -0.4 is 5.73 Å². The second kappa shape index (κ2) is 5.77. The predicted octanol–water partition coefficient (Wildman–Crippen LogP) is 0.676. The Morgan fingerprint density at radius 2 is 2.20 bits per heavy atom. The highest BCUT2D eigenvalue weighted by Gasteiger charge is 2.34. The number of nitrogens with two attached hydrogens (primary N) is 1. The fraction of sp³-hybridized carbons (Fsp3) is 0.538. The Labute approximate surface area is 118 Å². The Kier molecular flexibility index (Phi) is 4.43. The number of rotatable bonds is 3. The maximum absolute atomic E-state index is 13.7. The fourth-order valence-corrected chi connectivity index (χ4v) is 4.23. The fourth-order valence-electron chi connectivity index (χ4n) is 2.43. The Morgan fingerprint density at radius 3 is 2.80 bits per heavy atom. The molecular formula is C13H19FN2O3S. The number of piperidine rings is 1. The molecule has 2 rings (SSSR count). The first-order valence-corrected chi connectivity index (χ1v) is 7.97. The van der Waals surface area contributed by atoms with E-state index in [1.54, 1.807) is 6.92 Å². The van der Waals surface area contributed by atoms with Crippen molar-refractivity contribution in [1.29, 1.82) is 0 Å². The van der Waals surface area contributed by atoms with Gasteiger partial charge in [0, 0.05) is 25.2 Å². The van der Waals surface area contributed by atoms with Crippen molar-refractivity contribution in [2.45, 2.75) is 30.9 Å². The molecule has 3 N–H and O–H groups in total. The molecule has 1 aromatic rings. The second-order valence-electron chi connectivity index (χ2n) is 5.12. The summed E-state index contributed by atoms with van der Waals surface area (Å²) in [6.45, 7) is 2.08. The lowest BCUT2D eigenvalue weighted by molar-refractivity contribution is 0.0628. The first kappa shape index (κ1) is 15.4. The zero-order chi connectivity index (χ0) is 14.9. The van der Waals surface area contributed by atoms with Gasteiger partial charge in [-0.2, -0.15) is 4.31 Å². The number of nitrogens with zero attached hydrogens (tertiary/aromatic N) is 1. The van der Waals surface area contributed by atoms with Crippen molar-refractivity contribution in [2.75, 3.05) is 13.1 Å². The summed E-state index contributed by atoms with van der Waals surface area (Å²) in [5, 5.41) is 9.68. The molecule has 2 atom stereocenters. The Balaban J connectivity index is 2.39. The lowest BCUT2D eigenvalue weighted by Crippen LogP contribution is -2.45. The van der Waals surface area contributed by atoms with E-state index in [0.717, 1.165) is 0 Å². The van der Waals surface area contributed by atoms with Crippen LogP contribution in [-0.2, 0) is 16.6 Å². The Hall–Kier alpha value is -1.02. The van der Waals surface area contributed by atoms with Crippen LogP contribution >= 0.6 is 0 Å². The maximum Gasteiger partial charge on any atom is 0.243 e. The predicted molar refractivity (Wildman–Crippen MR) is 72.8 cm³/mol. The van der Waals surface area contributed by atoms with E-state index < -0.39 is 21.9 Å². The molecule has 0 amide bonds. The van der Waals surface area contributed by atoms with Gasteiger partial charge in [-0.3, -0.25) is 0 Å². The monoisotopic (exact) mass is 302 g/mol. The molecule has 1 aliphatic heterocycles. The number of sulfonamides is 1. The first-order valence-electron chi connectivity index (χ1n) is 6.53. The SMILES string of the molecule is CC1CN(S(=O)(=O)c2cccc(F)c2CN)CCC1O. The van der Waals surface area contributed by atoms with E-state index in [4.69, 9.17) is 5.73 Å². The summed E-state index contributed by atoms with van der Waals surface area (Å²) < 4.78 is 40.2. The number of benzene rings is 1. The summed E-state index contributed by atoms with van der Waals surface area (Å²) in [7, 11) is -3.78. The van der Waals surface area contributed by atoms with Crippen LogP contribution in [-0.4, -0.2) is 37.0 Å². The molecule has 7 heteroatoms. The normalized spacial score (nSPS) is 24.8. The Bertz CT molecular complexity index is 591. The molecular weight excluding hydrogens is 283 g/mol. The molecule has 5 nitrogen and oxygen atoms in total. The molecule has 0 aliphatic carbocycles. The van der Waals surface area contributed by atoms with Gasteiger partial charge in [-0.25, -0.2) is 12.8 Å². The van der Waals surface area contributed by atoms with Crippen molar-refractivity contribution >= 4 is 10.0 Å². The number of halogens is 1. The lowest BCUT2D eigenvalue weighted by atomic mass is 9.99. The largest absolute Gasteiger partial charge is 0.393 e. The van der Waals surface area contributed by atoms with Gasteiger partial charge in [0.25, 0.3) is 0 Å². The van der Waals surface area contributed by atoms with Gasteiger partial charge in [-0.1, -0.05) is 13.0 Å². The highest BCUT2D eigenvalue weighted by atomic mass is 32.2. The molecule has 1 aromatic carbocycles. The van der Waals surface area contributed by atoms with E-state index in [0.29, 0.717) is 6.42 Å². The zero-order valence-electron chi connectivity index (χ0n) is 11.3. The average molecular weight is 302 g/mol. The van der Waals surface area contributed by atoms with Gasteiger partial charge >= 0.3 is 0 Å². The molecule has 1 heterocycles. The summed E-state index contributed by atoms with van der Waals surface area (Å²) in [5.41, 5.74) is 5.47. The molecule has 1 aliphatic rings. The molecule has 0 radical (unpaired) electrons. The molecule has 0 bridgehead atoms. The van der Waals surface area contributed by atoms with Crippen LogP contribution in [0.25, 0.3) is 0 Å². The number of aliphatic hydroxyl groups is 1. The van der Waals surface area contributed by atoms with Crippen LogP contribution in [0.5, 0.6) is 0 Å². The Morgan fingerprint density at radius 1 is 1.50 bits per heavy atom. The van der Waals surface area contributed by atoms with E-state index in [1.165, 1.54) is 22.5 Å². The number of aliphatic hydroxyl groups excluding tert-OH is 1. The van der Waals surface area contributed by atoms with E-state index in [2.05, 4.69) is 0 Å². The van der Waals surface area contributed by atoms with Crippen molar-refractivity contribution in [1.82, 2.24) is 4.31 Å². The summed E-state index contributed by atoms with van der Waals surface area (Å²) >= 11 is 0. The van der Waals surface area contributed by atoms with Gasteiger partial charge in [0.05, 0.1) is 11.0 Å². The molecule has 0 aromatic heterocycles. The van der Waals surface area contributed by atoms with Crippen LogP contribution in [0.3, 0.4) is 0 Å². The highest BCUT2D eigenvalue weighted by Crippen LogP contribution is 2.26. The molecule has 1 fully saturated rings. The topological polar surface area (TPSA) is 83.6 Å². The van der Waals surface area contributed by atoms with Gasteiger partial charge in [0.1, 0.15) is 5.82 Å². The van der Waals surface area contributed by atoms with Crippen LogP contribution in [0.15, 0.2) is 23.1 Å². The van der Waals surface area contributed by atoms with Gasteiger partial charge in [0.2, 0.25) is 10.0 Å². The summed E-state index contributed by atoms with van der Waals surface area (Å²) in [5.74, 6) is -0.757. The minimum absolute atomic E-state index is 0.00581. The van der Waals surface area contributed by atoms with Gasteiger partial charge < -0.3 is 10.8 Å². The molecule has 2 unspecified atom stereocenters. The molecule has 0 spiro atoms. The quantitative estimate of drug-likeness (QED) is 0.860. The van der Waals surface area contributed by atoms with Crippen molar-refractivity contribution in [3.8, 4) is 0 Å². The third-order valence-electron chi connectivity index (χ3n) is 3.72. The van der Waals surface area contributed by atoms with E-state index >= 15 is 0 Å². The van der Waals surface area contributed by atoms with Crippen LogP contribution in [0, 0.1) is 11.7 Å². The zero-order valence-corrected chi connectivity index (χ0v) is 12.1. The van der Waals surface area contributed by atoms with Crippen molar-refractivity contribution in [3.63, 3.8) is 0 Å². The minimum Gasteiger partial charge on any atom is -0.393 e. The third-order valence-corrected chi connectivity index (χ3v) is 5.67. The lowest BCUT2D eigenvalue weighted by Gasteiger charge is -2.33. The number of hydrogen-bond donors (Lipinski definition) is 2. The maximum atomic E-state index is 13.7. The van der Waals surface area contributed by atoms with Crippen LogP contribution in [0.1, 0.15) is 18.9 Å². The average Bonchev–Trinajstić information content (AvgIpc) is 2.41. The van der Waals surface area contributed by atoms with E-state index in [1.807, 2.05) is 0 Å². The van der Waals surface area contributed by atoms with Crippen LogP contribution in [0.4, 0.5) is 4.39 Å². The van der Waals surface area contributed by atoms with Crippen molar-refractivity contribution < 1.29 is 17.9 Å². The first-order chi connectivity index (χ1) is 9.37. The van der Waals surface area contributed by atoms with Crippen LogP contribution in [0.2, 0.25) is 0 Å². The highest BCUT2D eigenvalue weighted by molar-refractivity contribution is 7.89. The molecule has 1 saturated heterocycles. The minimum atomic E-state index is -3.78. The summed E-state index contributed by atoms with van der Waals surface area (Å²) in [6.07, 6.45) is -0.115.